The van der Waals surface area contributed by atoms with Crippen molar-refractivity contribution in [2.45, 2.75) is 71.8 Å². The van der Waals surface area contributed by atoms with Crippen LogP contribution in [0, 0.1) is 18.8 Å². The third kappa shape index (κ3) is 8.03. The van der Waals surface area contributed by atoms with Gasteiger partial charge >= 0.3 is 0 Å². The zero-order valence-corrected chi connectivity index (χ0v) is 21.1. The average molecular weight is 471 g/mol. The number of nitrogens with zero attached hydrogens (tertiary/aromatic N) is 2. The van der Waals surface area contributed by atoms with Crippen molar-refractivity contribution in [2.75, 3.05) is 38.0 Å². The summed E-state index contributed by atoms with van der Waals surface area (Å²) in [5.74, 6) is 0.287. The predicted octanol–water partition coefficient (Wildman–Crippen LogP) is 3.58. The molecule has 0 aromatic heterocycles. The Morgan fingerprint density at radius 1 is 0.971 bits per heavy atom. The van der Waals surface area contributed by atoms with Crippen molar-refractivity contribution in [3.05, 3.63) is 29.8 Å². The number of hydrogen-bond donors (Lipinski definition) is 2. The molecule has 2 aliphatic rings. The second-order valence-electron chi connectivity index (χ2n) is 10.2. The number of anilines is 1. The predicted molar refractivity (Wildman–Crippen MR) is 135 cm³/mol. The van der Waals surface area contributed by atoms with E-state index in [1.807, 2.05) is 24.0 Å². The van der Waals surface area contributed by atoms with E-state index in [9.17, 15) is 14.4 Å². The molecular weight excluding hydrogens is 428 g/mol. The van der Waals surface area contributed by atoms with Crippen LogP contribution in [-0.4, -0.2) is 66.3 Å². The van der Waals surface area contributed by atoms with Crippen LogP contribution in [0.3, 0.4) is 0 Å². The van der Waals surface area contributed by atoms with E-state index in [0.717, 1.165) is 24.9 Å². The largest absolute Gasteiger partial charge is 0.383 e. The highest BCUT2D eigenvalue weighted by molar-refractivity contribution is 5.86. The van der Waals surface area contributed by atoms with Crippen LogP contribution in [0.5, 0.6) is 0 Å². The third-order valence-electron chi connectivity index (χ3n) is 7.26. The first-order valence-electron chi connectivity index (χ1n) is 13.0. The molecule has 1 saturated carbocycles. The van der Waals surface area contributed by atoms with E-state index >= 15 is 0 Å². The van der Waals surface area contributed by atoms with Gasteiger partial charge in [0.15, 0.2) is 0 Å². The van der Waals surface area contributed by atoms with Crippen molar-refractivity contribution in [1.82, 2.24) is 15.1 Å². The summed E-state index contributed by atoms with van der Waals surface area (Å²) < 4.78 is 0. The monoisotopic (exact) mass is 470 g/mol. The topological polar surface area (TPSA) is 81.8 Å². The molecule has 0 radical (unpaired) electrons. The molecule has 7 heteroatoms. The first kappa shape index (κ1) is 26.0. The minimum Gasteiger partial charge on any atom is -0.383 e. The van der Waals surface area contributed by atoms with Crippen LogP contribution in [0.25, 0.3) is 0 Å². The van der Waals surface area contributed by atoms with Crippen molar-refractivity contribution < 1.29 is 14.4 Å². The molecule has 1 heterocycles. The number of benzene rings is 1. The fourth-order valence-corrected chi connectivity index (χ4v) is 5.07. The molecule has 1 aliphatic heterocycles. The van der Waals surface area contributed by atoms with Crippen molar-refractivity contribution in [3.63, 3.8) is 0 Å². The highest BCUT2D eigenvalue weighted by Crippen LogP contribution is 2.30. The van der Waals surface area contributed by atoms with Gasteiger partial charge in [0.05, 0.1) is 0 Å². The van der Waals surface area contributed by atoms with Crippen LogP contribution in [-0.2, 0) is 14.4 Å². The Morgan fingerprint density at radius 2 is 1.59 bits per heavy atom. The second kappa shape index (κ2) is 12.8. The van der Waals surface area contributed by atoms with Crippen LogP contribution in [0.4, 0.5) is 5.69 Å². The highest BCUT2D eigenvalue weighted by Gasteiger charge is 2.30. The Kier molecular flexibility index (Phi) is 9.78. The molecule has 188 valence electrons. The Morgan fingerprint density at radius 3 is 2.21 bits per heavy atom. The molecule has 1 aromatic carbocycles. The van der Waals surface area contributed by atoms with E-state index in [1.165, 1.54) is 24.8 Å². The summed E-state index contributed by atoms with van der Waals surface area (Å²) in [5, 5.41) is 6.54. The molecule has 0 unspecified atom stereocenters. The fraction of sp³-hybridized carbons (Fsp3) is 0.667. The molecule has 1 aromatic rings. The number of rotatable bonds is 9. The summed E-state index contributed by atoms with van der Waals surface area (Å²) in [6.07, 6.45) is 7.05. The minimum absolute atomic E-state index is 0.0144. The Balaban J connectivity index is 1.55. The number of aryl methyl sites for hydroxylation is 1. The number of carbonyl (C=O) groups is 3. The molecule has 0 spiro atoms. The SMILES string of the molecule is CC(=O)N1CCN(C(=O)C[C@@H](CC2CCCCC2)C(=O)N[C@@H](C)CNc2ccc(C)cc2)CC1. The molecule has 34 heavy (non-hydrogen) atoms. The molecule has 0 bridgehead atoms. The van der Waals surface area contributed by atoms with Gasteiger partial charge < -0.3 is 20.4 Å². The van der Waals surface area contributed by atoms with Crippen LogP contribution >= 0.6 is 0 Å². The molecule has 3 amide bonds. The van der Waals surface area contributed by atoms with Gasteiger partial charge in [-0.25, -0.2) is 0 Å². The number of piperazine rings is 1. The number of carbonyl (C=O) groups excluding carboxylic acids is 3. The molecular formula is C27H42N4O3. The van der Waals surface area contributed by atoms with Gasteiger partial charge in [-0.1, -0.05) is 49.8 Å². The van der Waals surface area contributed by atoms with Gasteiger partial charge in [0, 0.05) is 63.7 Å². The van der Waals surface area contributed by atoms with Gasteiger partial charge in [-0.05, 0) is 38.3 Å². The van der Waals surface area contributed by atoms with Crippen molar-refractivity contribution in [2.24, 2.45) is 11.8 Å². The lowest BCUT2D eigenvalue weighted by atomic mass is 9.81. The number of nitrogens with one attached hydrogen (secondary N) is 2. The van der Waals surface area contributed by atoms with Gasteiger partial charge in [-0.15, -0.1) is 0 Å². The summed E-state index contributed by atoms with van der Waals surface area (Å²) in [5.41, 5.74) is 2.25. The maximum Gasteiger partial charge on any atom is 0.223 e. The lowest BCUT2D eigenvalue weighted by Crippen LogP contribution is -2.51. The Labute approximate surface area is 204 Å². The Bertz CT molecular complexity index is 812. The van der Waals surface area contributed by atoms with Crippen LogP contribution in [0.1, 0.15) is 64.4 Å². The first-order valence-corrected chi connectivity index (χ1v) is 13.0. The quantitative estimate of drug-likeness (QED) is 0.578. The highest BCUT2D eigenvalue weighted by atomic mass is 16.2. The number of amides is 3. The van der Waals surface area contributed by atoms with Crippen LogP contribution < -0.4 is 10.6 Å². The number of hydrogen-bond acceptors (Lipinski definition) is 4. The van der Waals surface area contributed by atoms with Gasteiger partial charge in [-0.2, -0.15) is 0 Å². The summed E-state index contributed by atoms with van der Waals surface area (Å²) in [7, 11) is 0. The van der Waals surface area contributed by atoms with Gasteiger partial charge in [0.2, 0.25) is 17.7 Å². The first-order chi connectivity index (χ1) is 16.3. The molecule has 2 N–H and O–H groups in total. The van der Waals surface area contributed by atoms with Crippen molar-refractivity contribution >= 4 is 23.4 Å². The van der Waals surface area contributed by atoms with Gasteiger partial charge in [0.25, 0.3) is 0 Å². The summed E-state index contributed by atoms with van der Waals surface area (Å²) in [6, 6.07) is 8.17. The van der Waals surface area contributed by atoms with Crippen molar-refractivity contribution in [3.8, 4) is 0 Å². The third-order valence-corrected chi connectivity index (χ3v) is 7.26. The van der Waals surface area contributed by atoms with Crippen LogP contribution in [0.15, 0.2) is 24.3 Å². The average Bonchev–Trinajstić information content (AvgIpc) is 2.84. The van der Waals surface area contributed by atoms with E-state index < -0.39 is 0 Å². The molecule has 1 saturated heterocycles. The van der Waals surface area contributed by atoms with E-state index in [0.29, 0.717) is 38.6 Å². The Hall–Kier alpha value is -2.57. The van der Waals surface area contributed by atoms with Crippen molar-refractivity contribution in [1.29, 1.82) is 0 Å². The standard InChI is InChI=1S/C27H42N4O3/c1-20-9-11-25(12-10-20)28-19-21(2)29-27(34)24(17-23-7-5-4-6-8-23)18-26(33)31-15-13-30(14-16-31)22(3)32/h9-12,21,23-24,28H,4-8,13-19H2,1-3H3,(H,29,34)/t21-,24+/m0/s1. The van der Waals surface area contributed by atoms with Crippen LogP contribution in [0.2, 0.25) is 0 Å². The minimum atomic E-state index is -0.303. The normalized spacial score (nSPS) is 18.8. The van der Waals surface area contributed by atoms with E-state index in [4.69, 9.17) is 0 Å². The molecule has 2 atom stereocenters. The smallest absolute Gasteiger partial charge is 0.223 e. The lowest BCUT2D eigenvalue weighted by Gasteiger charge is -2.35. The zero-order valence-electron chi connectivity index (χ0n) is 21.1. The summed E-state index contributed by atoms with van der Waals surface area (Å²) >= 11 is 0. The molecule has 1 aliphatic carbocycles. The molecule has 3 rings (SSSR count). The van der Waals surface area contributed by atoms with E-state index in [-0.39, 0.29) is 36.1 Å². The van der Waals surface area contributed by atoms with E-state index in [1.54, 1.807) is 11.8 Å². The van der Waals surface area contributed by atoms with Gasteiger partial charge in [0.1, 0.15) is 0 Å². The second-order valence-corrected chi connectivity index (χ2v) is 10.2. The lowest BCUT2D eigenvalue weighted by molar-refractivity contribution is -0.141. The molecule has 7 nitrogen and oxygen atoms in total. The van der Waals surface area contributed by atoms with Gasteiger partial charge in [-0.3, -0.25) is 14.4 Å². The molecule has 2 fully saturated rings. The zero-order chi connectivity index (χ0) is 24.5. The fourth-order valence-electron chi connectivity index (χ4n) is 5.07. The summed E-state index contributed by atoms with van der Waals surface area (Å²) in [4.78, 5) is 41.6. The van der Waals surface area contributed by atoms with E-state index in [2.05, 4.69) is 29.7 Å². The maximum absolute atomic E-state index is 13.3. The maximum atomic E-state index is 13.3. The summed E-state index contributed by atoms with van der Waals surface area (Å²) in [6.45, 7) is 8.50.